The van der Waals surface area contributed by atoms with Gasteiger partial charge in [0.1, 0.15) is 6.26 Å². The fourth-order valence-corrected chi connectivity index (χ4v) is 2.97. The number of nitrogens with one attached hydrogen (secondary N) is 1. The van der Waals surface area contributed by atoms with E-state index in [-0.39, 0.29) is 11.8 Å². The van der Waals surface area contributed by atoms with Crippen LogP contribution in [0.3, 0.4) is 0 Å². The molecule has 1 aliphatic rings. The molecule has 1 fully saturated rings. The normalized spacial score (nSPS) is 17.6. The van der Waals surface area contributed by atoms with Crippen molar-refractivity contribution >= 4 is 11.9 Å². The Morgan fingerprint density at radius 3 is 2.84 bits per heavy atom. The topological polar surface area (TPSA) is 55.1 Å². The maximum absolute atomic E-state index is 12.4. The Hall–Kier alpha value is -1.32. The molecule has 0 saturated heterocycles. The summed E-state index contributed by atoms with van der Waals surface area (Å²) in [6.45, 7) is 4.02. The van der Waals surface area contributed by atoms with Crippen LogP contribution in [0, 0.1) is 18.8 Å². The summed E-state index contributed by atoms with van der Waals surface area (Å²) in [4.78, 5) is 16.5. The second-order valence-corrected chi connectivity index (χ2v) is 5.58. The number of hydrogen-bond donors (Lipinski definition) is 1. The van der Waals surface area contributed by atoms with Gasteiger partial charge in [-0.05, 0) is 32.1 Å². The van der Waals surface area contributed by atoms with E-state index >= 15 is 0 Å². The smallest absolute Gasteiger partial charge is 0.301 e. The number of unbranched alkanes of at least 4 members (excludes halogenated alkanes) is 1. The van der Waals surface area contributed by atoms with Gasteiger partial charge < -0.3 is 4.42 Å². The number of hydrogen-bond acceptors (Lipinski definition) is 3. The van der Waals surface area contributed by atoms with Crippen molar-refractivity contribution in [1.29, 1.82) is 0 Å². The number of rotatable bonds is 6. The van der Waals surface area contributed by atoms with Gasteiger partial charge in [-0.2, -0.15) is 4.98 Å². The highest BCUT2D eigenvalue weighted by Crippen LogP contribution is 2.34. The molecule has 1 heterocycles. The van der Waals surface area contributed by atoms with Crippen LogP contribution in [-0.2, 0) is 4.79 Å². The lowest BCUT2D eigenvalue weighted by molar-refractivity contribution is -0.121. The van der Waals surface area contributed by atoms with Crippen LogP contribution in [0.25, 0.3) is 0 Å². The van der Waals surface area contributed by atoms with E-state index in [0.29, 0.717) is 11.9 Å². The summed E-state index contributed by atoms with van der Waals surface area (Å²) in [5.41, 5.74) is 0.793. The number of anilines is 1. The number of nitrogens with zero attached hydrogens (tertiary/aromatic N) is 1. The molecule has 4 nitrogen and oxygen atoms in total. The number of carbonyl (C=O) groups excluding carboxylic acids is 1. The minimum Gasteiger partial charge on any atom is -0.432 e. The van der Waals surface area contributed by atoms with Crippen LogP contribution in [0.4, 0.5) is 6.01 Å². The summed E-state index contributed by atoms with van der Waals surface area (Å²) in [7, 11) is 0. The molecule has 1 aromatic heterocycles. The molecule has 0 spiro atoms. The summed E-state index contributed by atoms with van der Waals surface area (Å²) >= 11 is 0. The van der Waals surface area contributed by atoms with E-state index < -0.39 is 0 Å². The highest BCUT2D eigenvalue weighted by atomic mass is 16.4. The monoisotopic (exact) mass is 264 g/mol. The lowest BCUT2D eigenvalue weighted by atomic mass is 9.86. The number of aromatic nitrogens is 1. The van der Waals surface area contributed by atoms with Crippen LogP contribution in [0.2, 0.25) is 0 Å². The van der Waals surface area contributed by atoms with Gasteiger partial charge in [0, 0.05) is 5.92 Å². The van der Waals surface area contributed by atoms with Crippen molar-refractivity contribution in [2.45, 2.75) is 58.8 Å². The molecule has 1 unspecified atom stereocenters. The van der Waals surface area contributed by atoms with E-state index in [1.165, 1.54) is 25.7 Å². The Morgan fingerprint density at radius 1 is 1.53 bits per heavy atom. The van der Waals surface area contributed by atoms with Crippen LogP contribution in [-0.4, -0.2) is 10.9 Å². The van der Waals surface area contributed by atoms with Crippen molar-refractivity contribution in [2.75, 3.05) is 5.32 Å². The first kappa shape index (κ1) is 14.1. The average molecular weight is 264 g/mol. The van der Waals surface area contributed by atoms with Crippen molar-refractivity contribution in [2.24, 2.45) is 11.8 Å². The predicted octanol–water partition coefficient (Wildman–Crippen LogP) is 3.92. The molecule has 0 radical (unpaired) electrons. The summed E-state index contributed by atoms with van der Waals surface area (Å²) in [5, 5.41) is 2.83. The molecule has 0 bridgehead atoms. The summed E-state index contributed by atoms with van der Waals surface area (Å²) < 4.78 is 5.21. The van der Waals surface area contributed by atoms with Gasteiger partial charge in [-0.1, -0.05) is 32.6 Å². The molecule has 0 aromatic carbocycles. The van der Waals surface area contributed by atoms with Crippen LogP contribution >= 0.6 is 0 Å². The minimum absolute atomic E-state index is 0.0854. The maximum Gasteiger partial charge on any atom is 0.301 e. The molecule has 4 heteroatoms. The largest absolute Gasteiger partial charge is 0.432 e. The van der Waals surface area contributed by atoms with Gasteiger partial charge in [0.25, 0.3) is 0 Å². The fourth-order valence-electron chi connectivity index (χ4n) is 2.97. The Bertz CT molecular complexity index is 408. The maximum atomic E-state index is 12.4. The molecular formula is C15H24N2O2. The molecule has 2 rings (SSSR count). The summed E-state index contributed by atoms with van der Waals surface area (Å²) in [6.07, 6.45) is 9.68. The van der Waals surface area contributed by atoms with Gasteiger partial charge in [-0.25, -0.2) is 0 Å². The zero-order valence-corrected chi connectivity index (χ0v) is 11.9. The Labute approximate surface area is 115 Å². The first-order valence-electron chi connectivity index (χ1n) is 7.43. The van der Waals surface area contributed by atoms with E-state index in [2.05, 4.69) is 17.2 Å². The molecule has 0 aliphatic heterocycles. The van der Waals surface area contributed by atoms with Crippen molar-refractivity contribution in [3.63, 3.8) is 0 Å². The third-order valence-corrected chi connectivity index (χ3v) is 4.02. The quantitative estimate of drug-likeness (QED) is 0.847. The SMILES string of the molecule is CCCCC(C(=O)Nc1nc(C)co1)C1CCCC1. The Morgan fingerprint density at radius 2 is 2.26 bits per heavy atom. The van der Waals surface area contributed by atoms with Crippen LogP contribution < -0.4 is 5.32 Å². The second-order valence-electron chi connectivity index (χ2n) is 5.58. The molecular weight excluding hydrogens is 240 g/mol. The van der Waals surface area contributed by atoms with E-state index in [4.69, 9.17) is 4.42 Å². The van der Waals surface area contributed by atoms with Crippen LogP contribution in [0.1, 0.15) is 57.6 Å². The van der Waals surface area contributed by atoms with Gasteiger partial charge in [0.15, 0.2) is 0 Å². The predicted molar refractivity (Wildman–Crippen MR) is 74.8 cm³/mol. The first-order chi connectivity index (χ1) is 9.20. The third-order valence-electron chi connectivity index (χ3n) is 4.02. The first-order valence-corrected chi connectivity index (χ1v) is 7.43. The number of amides is 1. The van der Waals surface area contributed by atoms with Gasteiger partial charge >= 0.3 is 6.01 Å². The van der Waals surface area contributed by atoms with E-state index in [1.807, 2.05) is 6.92 Å². The highest BCUT2D eigenvalue weighted by Gasteiger charge is 2.30. The third kappa shape index (κ3) is 3.82. The van der Waals surface area contributed by atoms with Crippen molar-refractivity contribution < 1.29 is 9.21 Å². The molecule has 1 atom stereocenters. The van der Waals surface area contributed by atoms with Gasteiger partial charge in [-0.15, -0.1) is 0 Å². The van der Waals surface area contributed by atoms with E-state index in [9.17, 15) is 4.79 Å². The summed E-state index contributed by atoms with van der Waals surface area (Å²) in [6, 6.07) is 0.335. The highest BCUT2D eigenvalue weighted by molar-refractivity contribution is 5.90. The Balaban J connectivity index is 1.97. The fraction of sp³-hybridized carbons (Fsp3) is 0.733. The van der Waals surface area contributed by atoms with Crippen molar-refractivity contribution in [1.82, 2.24) is 4.98 Å². The molecule has 1 amide bonds. The Kier molecular flexibility index (Phi) is 5.00. The lowest BCUT2D eigenvalue weighted by Crippen LogP contribution is -2.28. The van der Waals surface area contributed by atoms with E-state index in [1.54, 1.807) is 6.26 Å². The number of aryl methyl sites for hydroxylation is 1. The number of carbonyl (C=O) groups is 1. The van der Waals surface area contributed by atoms with Crippen molar-refractivity contribution in [3.8, 4) is 0 Å². The average Bonchev–Trinajstić information content (AvgIpc) is 3.02. The molecule has 1 saturated carbocycles. The van der Waals surface area contributed by atoms with E-state index in [0.717, 1.165) is 25.0 Å². The zero-order valence-electron chi connectivity index (χ0n) is 11.9. The standard InChI is InChI=1S/C15H24N2O2/c1-3-4-9-13(12-7-5-6-8-12)14(18)17-15-16-11(2)10-19-15/h10,12-13H,3-9H2,1-2H3,(H,16,17,18). The molecule has 1 N–H and O–H groups in total. The molecule has 106 valence electrons. The molecule has 19 heavy (non-hydrogen) atoms. The van der Waals surface area contributed by atoms with Crippen LogP contribution in [0.15, 0.2) is 10.7 Å². The minimum atomic E-state index is 0.0854. The van der Waals surface area contributed by atoms with Gasteiger partial charge in [-0.3, -0.25) is 10.1 Å². The zero-order chi connectivity index (χ0) is 13.7. The van der Waals surface area contributed by atoms with Crippen LogP contribution in [0.5, 0.6) is 0 Å². The van der Waals surface area contributed by atoms with Crippen molar-refractivity contribution in [3.05, 3.63) is 12.0 Å². The number of oxazole rings is 1. The second kappa shape index (κ2) is 6.73. The van der Waals surface area contributed by atoms with Gasteiger partial charge in [0.05, 0.1) is 5.69 Å². The lowest BCUT2D eigenvalue weighted by Gasteiger charge is -2.21. The van der Waals surface area contributed by atoms with Gasteiger partial charge in [0.2, 0.25) is 5.91 Å². The molecule has 1 aliphatic carbocycles. The molecule has 1 aromatic rings. The summed E-state index contributed by atoms with van der Waals surface area (Å²) in [5.74, 6) is 0.750.